The summed E-state index contributed by atoms with van der Waals surface area (Å²) in [4.78, 5) is 12.3. The quantitative estimate of drug-likeness (QED) is 0.919. The summed E-state index contributed by atoms with van der Waals surface area (Å²) in [6, 6.07) is 12.8. The second-order valence-corrected chi connectivity index (χ2v) is 5.17. The summed E-state index contributed by atoms with van der Waals surface area (Å²) < 4.78 is 10.5. The Labute approximate surface area is 131 Å². The van der Waals surface area contributed by atoms with Gasteiger partial charge in [0.2, 0.25) is 0 Å². The van der Waals surface area contributed by atoms with E-state index in [0.717, 1.165) is 22.6 Å². The second kappa shape index (κ2) is 6.98. The minimum atomic E-state index is -0.149. The summed E-state index contributed by atoms with van der Waals surface area (Å²) in [5.41, 5.74) is 2.69. The number of benzene rings is 2. The Bertz CT molecular complexity index is 650. The highest BCUT2D eigenvalue weighted by molar-refractivity contribution is 5.94. The van der Waals surface area contributed by atoms with E-state index >= 15 is 0 Å². The molecule has 4 heteroatoms. The number of rotatable bonds is 5. The van der Waals surface area contributed by atoms with Crippen LogP contribution < -0.4 is 14.8 Å². The third kappa shape index (κ3) is 3.58. The Morgan fingerprint density at radius 2 is 1.73 bits per heavy atom. The first-order valence-electron chi connectivity index (χ1n) is 7.14. The molecule has 0 heterocycles. The van der Waals surface area contributed by atoms with E-state index in [9.17, 15) is 4.79 Å². The van der Waals surface area contributed by atoms with Gasteiger partial charge >= 0.3 is 0 Å². The number of aryl methyl sites for hydroxylation is 1. The Balaban J connectivity index is 2.15. The lowest BCUT2D eigenvalue weighted by atomic mass is 10.0. The molecule has 0 bridgehead atoms. The average molecular weight is 299 g/mol. The molecule has 0 fully saturated rings. The highest BCUT2D eigenvalue weighted by Gasteiger charge is 2.15. The molecule has 0 aliphatic heterocycles. The van der Waals surface area contributed by atoms with Gasteiger partial charge < -0.3 is 14.8 Å². The SMILES string of the molecule is COc1ccc(C(=O)NC(C)c2cc(C)ccc2OC)cc1. The molecule has 116 valence electrons. The summed E-state index contributed by atoms with van der Waals surface area (Å²) in [6.07, 6.45) is 0. The van der Waals surface area contributed by atoms with Gasteiger partial charge in [0.25, 0.3) is 5.91 Å². The number of methoxy groups -OCH3 is 2. The summed E-state index contributed by atoms with van der Waals surface area (Å²) in [6.45, 7) is 3.96. The van der Waals surface area contributed by atoms with E-state index in [1.165, 1.54) is 0 Å². The lowest BCUT2D eigenvalue weighted by Crippen LogP contribution is -2.27. The van der Waals surface area contributed by atoms with Crippen molar-refractivity contribution in [1.82, 2.24) is 5.32 Å². The Kier molecular flexibility index (Phi) is 5.04. The molecule has 1 amide bonds. The number of hydrogen-bond acceptors (Lipinski definition) is 3. The maximum absolute atomic E-state index is 12.3. The average Bonchev–Trinajstić information content (AvgIpc) is 2.54. The zero-order chi connectivity index (χ0) is 16.1. The van der Waals surface area contributed by atoms with Crippen LogP contribution in [0.3, 0.4) is 0 Å². The van der Waals surface area contributed by atoms with Crippen molar-refractivity contribution in [2.24, 2.45) is 0 Å². The first-order chi connectivity index (χ1) is 10.5. The molecule has 1 unspecified atom stereocenters. The molecule has 0 aliphatic carbocycles. The van der Waals surface area contributed by atoms with Gasteiger partial charge in [-0.15, -0.1) is 0 Å². The van der Waals surface area contributed by atoms with Gasteiger partial charge in [-0.3, -0.25) is 4.79 Å². The van der Waals surface area contributed by atoms with E-state index in [1.54, 1.807) is 38.5 Å². The lowest BCUT2D eigenvalue weighted by Gasteiger charge is -2.18. The van der Waals surface area contributed by atoms with Gasteiger partial charge in [-0.2, -0.15) is 0 Å². The molecular formula is C18H21NO3. The van der Waals surface area contributed by atoms with Gasteiger partial charge in [0, 0.05) is 11.1 Å². The van der Waals surface area contributed by atoms with Crippen molar-refractivity contribution in [2.45, 2.75) is 19.9 Å². The Morgan fingerprint density at radius 3 is 2.32 bits per heavy atom. The fourth-order valence-corrected chi connectivity index (χ4v) is 2.29. The topological polar surface area (TPSA) is 47.6 Å². The number of hydrogen-bond donors (Lipinski definition) is 1. The molecule has 0 aliphatic rings. The summed E-state index contributed by atoms with van der Waals surface area (Å²) >= 11 is 0. The first-order valence-corrected chi connectivity index (χ1v) is 7.14. The first kappa shape index (κ1) is 15.9. The van der Waals surface area contributed by atoms with Gasteiger partial charge in [-0.1, -0.05) is 17.7 Å². The van der Waals surface area contributed by atoms with Crippen molar-refractivity contribution in [2.75, 3.05) is 14.2 Å². The van der Waals surface area contributed by atoms with Crippen molar-refractivity contribution in [1.29, 1.82) is 0 Å². The summed E-state index contributed by atoms with van der Waals surface area (Å²) in [7, 11) is 3.23. The number of amides is 1. The van der Waals surface area contributed by atoms with Crippen LogP contribution in [0.15, 0.2) is 42.5 Å². The predicted octanol–water partition coefficient (Wildman–Crippen LogP) is 3.50. The van der Waals surface area contributed by atoms with Crippen molar-refractivity contribution in [3.05, 3.63) is 59.2 Å². The van der Waals surface area contributed by atoms with E-state index in [4.69, 9.17) is 9.47 Å². The van der Waals surface area contributed by atoms with Crippen molar-refractivity contribution >= 4 is 5.91 Å². The van der Waals surface area contributed by atoms with E-state index in [-0.39, 0.29) is 11.9 Å². The largest absolute Gasteiger partial charge is 0.497 e. The van der Waals surface area contributed by atoms with E-state index in [2.05, 4.69) is 5.32 Å². The predicted molar refractivity (Wildman–Crippen MR) is 86.6 cm³/mol. The lowest BCUT2D eigenvalue weighted by molar-refractivity contribution is 0.0939. The number of ether oxygens (including phenoxy) is 2. The molecule has 22 heavy (non-hydrogen) atoms. The molecule has 2 aromatic carbocycles. The van der Waals surface area contributed by atoms with Crippen LogP contribution in [0.1, 0.15) is 34.5 Å². The highest BCUT2D eigenvalue weighted by Crippen LogP contribution is 2.26. The van der Waals surface area contributed by atoms with E-state index in [1.807, 2.05) is 32.0 Å². The fourth-order valence-electron chi connectivity index (χ4n) is 2.29. The van der Waals surface area contributed by atoms with Crippen LogP contribution in [0.25, 0.3) is 0 Å². The van der Waals surface area contributed by atoms with Gasteiger partial charge in [-0.05, 0) is 44.2 Å². The van der Waals surface area contributed by atoms with E-state index in [0.29, 0.717) is 5.56 Å². The third-order valence-corrected chi connectivity index (χ3v) is 3.55. The monoisotopic (exact) mass is 299 g/mol. The van der Waals surface area contributed by atoms with Crippen LogP contribution in [0.2, 0.25) is 0 Å². The second-order valence-electron chi connectivity index (χ2n) is 5.17. The zero-order valence-electron chi connectivity index (χ0n) is 13.3. The van der Waals surface area contributed by atoms with Gasteiger partial charge in [0.05, 0.1) is 20.3 Å². The molecule has 2 rings (SSSR count). The van der Waals surface area contributed by atoms with Crippen LogP contribution in [-0.2, 0) is 0 Å². The van der Waals surface area contributed by atoms with Gasteiger partial charge in [0.1, 0.15) is 11.5 Å². The molecule has 2 aromatic rings. The van der Waals surface area contributed by atoms with Crippen LogP contribution in [0.4, 0.5) is 0 Å². The van der Waals surface area contributed by atoms with Crippen LogP contribution >= 0.6 is 0 Å². The number of carbonyl (C=O) groups is 1. The summed E-state index contributed by atoms with van der Waals surface area (Å²) in [5, 5.41) is 2.99. The van der Waals surface area contributed by atoms with Gasteiger partial charge in [-0.25, -0.2) is 0 Å². The molecule has 0 spiro atoms. The van der Waals surface area contributed by atoms with E-state index < -0.39 is 0 Å². The maximum Gasteiger partial charge on any atom is 0.251 e. The molecular weight excluding hydrogens is 278 g/mol. The molecule has 1 atom stereocenters. The van der Waals surface area contributed by atoms with Gasteiger partial charge in [0.15, 0.2) is 0 Å². The van der Waals surface area contributed by atoms with Crippen molar-refractivity contribution in [3.63, 3.8) is 0 Å². The van der Waals surface area contributed by atoms with Crippen LogP contribution in [0, 0.1) is 6.92 Å². The molecule has 0 saturated carbocycles. The molecule has 0 saturated heterocycles. The Morgan fingerprint density at radius 1 is 1.05 bits per heavy atom. The molecule has 4 nitrogen and oxygen atoms in total. The van der Waals surface area contributed by atoms with Crippen LogP contribution in [0.5, 0.6) is 11.5 Å². The normalized spacial score (nSPS) is 11.6. The minimum Gasteiger partial charge on any atom is -0.497 e. The smallest absolute Gasteiger partial charge is 0.251 e. The van der Waals surface area contributed by atoms with Crippen molar-refractivity contribution < 1.29 is 14.3 Å². The third-order valence-electron chi connectivity index (χ3n) is 3.55. The molecule has 1 N–H and O–H groups in total. The van der Waals surface area contributed by atoms with Crippen LogP contribution in [-0.4, -0.2) is 20.1 Å². The maximum atomic E-state index is 12.3. The molecule has 0 radical (unpaired) electrons. The molecule has 0 aromatic heterocycles. The highest BCUT2D eigenvalue weighted by atomic mass is 16.5. The fraction of sp³-hybridized carbons (Fsp3) is 0.278. The minimum absolute atomic E-state index is 0.126. The number of nitrogens with one attached hydrogen (secondary N) is 1. The standard InChI is InChI=1S/C18H21NO3/c1-12-5-10-17(22-4)16(11-12)13(2)19-18(20)14-6-8-15(21-3)9-7-14/h5-11,13H,1-4H3,(H,19,20). The summed E-state index contributed by atoms with van der Waals surface area (Å²) in [5.74, 6) is 1.37. The number of carbonyl (C=O) groups excluding carboxylic acids is 1. The van der Waals surface area contributed by atoms with Crippen molar-refractivity contribution in [3.8, 4) is 11.5 Å². The Hall–Kier alpha value is -2.49. The zero-order valence-corrected chi connectivity index (χ0v) is 13.3.